The van der Waals surface area contributed by atoms with Gasteiger partial charge in [0.15, 0.2) is 0 Å². The second-order valence-electron chi connectivity index (χ2n) is 7.67. The van der Waals surface area contributed by atoms with Crippen molar-refractivity contribution in [2.45, 2.75) is 43.6 Å². The molecule has 0 heterocycles. The number of hydrogen-bond donors (Lipinski definition) is 1. The van der Waals surface area contributed by atoms with E-state index in [1.807, 2.05) is 12.1 Å². The number of benzene rings is 1. The Bertz CT molecular complexity index is 580. The lowest BCUT2D eigenvalue weighted by molar-refractivity contribution is -0.162. The Morgan fingerprint density at radius 1 is 1.17 bits per heavy atom. The minimum absolute atomic E-state index is 0.158. The Morgan fingerprint density at radius 2 is 1.70 bits per heavy atom. The predicted octanol–water partition coefficient (Wildman–Crippen LogP) is 3.62. The Balaban J connectivity index is 1.76. The van der Waals surface area contributed by atoms with Crippen molar-refractivity contribution in [3.8, 4) is 0 Å². The first kappa shape index (κ1) is 15.1. The van der Waals surface area contributed by atoms with Gasteiger partial charge >= 0.3 is 5.97 Å². The van der Waals surface area contributed by atoms with Crippen molar-refractivity contribution in [3.63, 3.8) is 0 Å². The lowest BCUT2D eigenvalue weighted by Gasteiger charge is -2.63. The zero-order valence-electron chi connectivity index (χ0n) is 13.4. The molecular weight excluding hydrogens is 295 g/mol. The van der Waals surface area contributed by atoms with E-state index in [9.17, 15) is 14.3 Å². The molecule has 4 fully saturated rings. The van der Waals surface area contributed by atoms with Gasteiger partial charge in [0.2, 0.25) is 0 Å². The maximum absolute atomic E-state index is 13.4. The molecule has 23 heavy (non-hydrogen) atoms. The summed E-state index contributed by atoms with van der Waals surface area (Å²) in [7, 11) is 1.80. The van der Waals surface area contributed by atoms with Crippen LogP contribution >= 0.6 is 0 Å². The van der Waals surface area contributed by atoms with Gasteiger partial charge in [0, 0.05) is 12.5 Å². The number of hydrogen-bond acceptors (Lipinski definition) is 2. The van der Waals surface area contributed by atoms with E-state index in [0.29, 0.717) is 29.8 Å². The molecule has 4 aliphatic carbocycles. The van der Waals surface area contributed by atoms with Crippen LogP contribution in [0.25, 0.3) is 0 Å². The van der Waals surface area contributed by atoms with E-state index in [0.717, 1.165) is 31.2 Å². The summed E-state index contributed by atoms with van der Waals surface area (Å²) >= 11 is 0. The van der Waals surface area contributed by atoms with Crippen molar-refractivity contribution in [2.75, 3.05) is 7.11 Å². The molecular formula is C19H23FO3. The number of carboxylic acids is 1. The Kier molecular flexibility index (Phi) is 3.49. The van der Waals surface area contributed by atoms with Crippen molar-refractivity contribution in [1.29, 1.82) is 0 Å². The van der Waals surface area contributed by atoms with Crippen LogP contribution < -0.4 is 0 Å². The van der Waals surface area contributed by atoms with E-state index in [1.54, 1.807) is 7.11 Å². The average Bonchev–Trinajstić information content (AvgIpc) is 2.50. The molecule has 124 valence electrons. The third-order valence-electron chi connectivity index (χ3n) is 6.83. The fourth-order valence-corrected chi connectivity index (χ4v) is 6.20. The molecule has 4 aliphatic rings. The number of carboxylic acid groups (broad SMARTS) is 1. The summed E-state index contributed by atoms with van der Waals surface area (Å²) in [6, 6.07) is 6.58. The van der Waals surface area contributed by atoms with Crippen LogP contribution in [0.4, 0.5) is 4.39 Å². The van der Waals surface area contributed by atoms with E-state index < -0.39 is 5.97 Å². The summed E-state index contributed by atoms with van der Waals surface area (Å²) in [5.74, 6) is 0.859. The van der Waals surface area contributed by atoms with E-state index in [2.05, 4.69) is 0 Å². The molecule has 5 rings (SSSR count). The highest BCUT2D eigenvalue weighted by molar-refractivity contribution is 5.69. The summed E-state index contributed by atoms with van der Waals surface area (Å²) in [4.78, 5) is 11.7. The molecule has 3 nitrogen and oxygen atoms in total. The highest BCUT2D eigenvalue weighted by Gasteiger charge is 2.61. The van der Waals surface area contributed by atoms with Crippen molar-refractivity contribution >= 4 is 5.97 Å². The summed E-state index contributed by atoms with van der Waals surface area (Å²) < 4.78 is 19.1. The summed E-state index contributed by atoms with van der Waals surface area (Å²) in [6.07, 6.45) is 4.66. The first-order valence-corrected chi connectivity index (χ1v) is 8.55. The molecule has 4 bridgehead atoms. The van der Waals surface area contributed by atoms with E-state index in [-0.39, 0.29) is 17.7 Å². The number of carbonyl (C=O) groups is 1. The van der Waals surface area contributed by atoms with Gasteiger partial charge in [0.25, 0.3) is 0 Å². The summed E-state index contributed by atoms with van der Waals surface area (Å²) in [6.45, 7) is 0. The predicted molar refractivity (Wildman–Crippen MR) is 83.6 cm³/mol. The summed E-state index contributed by atoms with van der Waals surface area (Å²) in [5.41, 5.74) is 0.690. The molecule has 0 atom stereocenters. The second kappa shape index (κ2) is 5.30. The first-order chi connectivity index (χ1) is 11.0. The second-order valence-corrected chi connectivity index (χ2v) is 7.67. The Labute approximate surface area is 135 Å². The molecule has 4 heteroatoms. The molecule has 0 saturated heterocycles. The average molecular weight is 318 g/mol. The van der Waals surface area contributed by atoms with Crippen LogP contribution in [0.2, 0.25) is 0 Å². The van der Waals surface area contributed by atoms with Crippen LogP contribution in [-0.2, 0) is 14.9 Å². The van der Waals surface area contributed by atoms with Crippen LogP contribution in [0, 0.1) is 29.5 Å². The highest BCUT2D eigenvalue weighted by Crippen LogP contribution is 2.64. The van der Waals surface area contributed by atoms with Gasteiger partial charge in [-0.3, -0.25) is 4.79 Å². The molecule has 0 aromatic heterocycles. The molecule has 0 aliphatic heterocycles. The van der Waals surface area contributed by atoms with Crippen molar-refractivity contribution in [2.24, 2.45) is 23.7 Å². The van der Waals surface area contributed by atoms with Gasteiger partial charge in [-0.25, -0.2) is 4.39 Å². The molecule has 4 saturated carbocycles. The van der Waals surface area contributed by atoms with Crippen LogP contribution in [0.15, 0.2) is 24.3 Å². The van der Waals surface area contributed by atoms with Gasteiger partial charge in [0.1, 0.15) is 5.82 Å². The fraction of sp³-hybridized carbons (Fsp3) is 0.632. The number of ether oxygens (including phenoxy) is 1. The SMILES string of the molecule is COC1C2CC3CC1CC(C2)C3(CC(=O)O)c1ccc(F)cc1. The van der Waals surface area contributed by atoms with Crippen molar-refractivity contribution in [3.05, 3.63) is 35.6 Å². The van der Waals surface area contributed by atoms with Gasteiger partial charge in [-0.2, -0.15) is 0 Å². The maximum atomic E-state index is 13.4. The number of aliphatic carboxylic acids is 1. The van der Waals surface area contributed by atoms with Gasteiger partial charge in [-0.15, -0.1) is 0 Å². The molecule has 0 amide bonds. The summed E-state index contributed by atoms with van der Waals surface area (Å²) in [5, 5.41) is 9.58. The molecule has 0 unspecified atom stereocenters. The maximum Gasteiger partial charge on any atom is 0.304 e. The Morgan fingerprint density at radius 3 is 2.13 bits per heavy atom. The van der Waals surface area contributed by atoms with Crippen LogP contribution in [0.1, 0.15) is 37.7 Å². The molecule has 0 radical (unpaired) electrons. The standard InChI is InChI=1S/C19H23FO3/c1-23-18-11-6-14-8-12(18)9-15(7-11)19(14,10-17(21)22)13-2-4-16(20)5-3-13/h2-5,11-12,14-15,18H,6-10H2,1H3,(H,21,22). The largest absolute Gasteiger partial charge is 0.481 e. The molecule has 1 N–H and O–H groups in total. The quantitative estimate of drug-likeness (QED) is 0.922. The van der Waals surface area contributed by atoms with Gasteiger partial charge in [-0.05, 0) is 67.1 Å². The lowest BCUT2D eigenvalue weighted by Crippen LogP contribution is -2.61. The fourth-order valence-electron chi connectivity index (χ4n) is 6.20. The van der Waals surface area contributed by atoms with Crippen molar-refractivity contribution in [1.82, 2.24) is 0 Å². The number of methoxy groups -OCH3 is 1. The van der Waals surface area contributed by atoms with Gasteiger partial charge < -0.3 is 9.84 Å². The normalized spacial score (nSPS) is 41.2. The third-order valence-corrected chi connectivity index (χ3v) is 6.83. The highest BCUT2D eigenvalue weighted by atomic mass is 19.1. The minimum Gasteiger partial charge on any atom is -0.481 e. The topological polar surface area (TPSA) is 46.5 Å². The van der Waals surface area contributed by atoms with Crippen LogP contribution in [0.3, 0.4) is 0 Å². The van der Waals surface area contributed by atoms with Crippen LogP contribution in [-0.4, -0.2) is 24.3 Å². The molecule has 1 aromatic rings. The number of halogens is 1. The molecule has 1 aromatic carbocycles. The zero-order chi connectivity index (χ0) is 16.2. The van der Waals surface area contributed by atoms with Gasteiger partial charge in [0.05, 0.1) is 12.5 Å². The van der Waals surface area contributed by atoms with Crippen LogP contribution in [0.5, 0.6) is 0 Å². The van der Waals surface area contributed by atoms with E-state index in [4.69, 9.17) is 4.74 Å². The minimum atomic E-state index is -0.745. The molecule has 0 spiro atoms. The van der Waals surface area contributed by atoms with Crippen molar-refractivity contribution < 1.29 is 19.0 Å². The smallest absolute Gasteiger partial charge is 0.304 e. The van der Waals surface area contributed by atoms with Gasteiger partial charge in [-0.1, -0.05) is 12.1 Å². The van der Waals surface area contributed by atoms with E-state index >= 15 is 0 Å². The monoisotopic (exact) mass is 318 g/mol. The third kappa shape index (κ3) is 2.14. The zero-order valence-corrected chi connectivity index (χ0v) is 13.4. The number of rotatable bonds is 4. The first-order valence-electron chi connectivity index (χ1n) is 8.55. The lowest BCUT2D eigenvalue weighted by atomic mass is 9.42. The Hall–Kier alpha value is -1.42. The van der Waals surface area contributed by atoms with E-state index in [1.165, 1.54) is 12.1 Å².